The van der Waals surface area contributed by atoms with Gasteiger partial charge in [-0.05, 0) is 38.0 Å². The highest BCUT2D eigenvalue weighted by Gasteiger charge is 2.27. The van der Waals surface area contributed by atoms with E-state index in [-0.39, 0.29) is 17.8 Å². The maximum Gasteiger partial charge on any atom is 0.125 e. The molecular weight excluding hydrogens is 229 g/mol. The lowest BCUT2D eigenvalue weighted by Crippen LogP contribution is -2.39. The molecule has 18 heavy (non-hydrogen) atoms. The first-order valence-corrected chi connectivity index (χ1v) is 6.72. The van der Waals surface area contributed by atoms with Crippen LogP contribution in [0.1, 0.15) is 33.6 Å². The molecule has 0 radical (unpaired) electrons. The van der Waals surface area contributed by atoms with Gasteiger partial charge in [0, 0.05) is 24.2 Å². The summed E-state index contributed by atoms with van der Waals surface area (Å²) >= 11 is 0. The second kappa shape index (κ2) is 6.74. The van der Waals surface area contributed by atoms with Crippen LogP contribution in [0.3, 0.4) is 0 Å². The number of nitrogens with zero attached hydrogens (tertiary/aromatic N) is 1. The van der Waals surface area contributed by atoms with Crippen molar-refractivity contribution in [3.63, 3.8) is 0 Å². The van der Waals surface area contributed by atoms with E-state index in [1.807, 2.05) is 6.07 Å². The zero-order chi connectivity index (χ0) is 13.6. The van der Waals surface area contributed by atoms with E-state index in [1.165, 1.54) is 6.07 Å². The van der Waals surface area contributed by atoms with E-state index in [2.05, 4.69) is 25.7 Å². The fraction of sp³-hybridized carbons (Fsp3) is 0.600. The van der Waals surface area contributed by atoms with Gasteiger partial charge in [0.15, 0.2) is 0 Å². The first-order chi connectivity index (χ1) is 8.60. The Kier molecular flexibility index (Phi) is 5.60. The number of benzene rings is 1. The molecule has 0 aromatic heterocycles. The predicted molar refractivity (Wildman–Crippen MR) is 74.4 cm³/mol. The topological polar surface area (TPSA) is 23.5 Å². The first-order valence-electron chi connectivity index (χ1n) is 6.72. The molecule has 1 N–H and O–H groups in total. The molecule has 0 unspecified atom stereocenters. The Bertz CT molecular complexity index is 355. The smallest absolute Gasteiger partial charge is 0.125 e. The van der Waals surface area contributed by atoms with Crippen molar-refractivity contribution in [3.8, 4) is 0 Å². The number of hydrogen-bond donors (Lipinski definition) is 1. The molecule has 1 rings (SSSR count). The number of anilines is 1. The molecule has 3 heteroatoms. The third-order valence-electron chi connectivity index (χ3n) is 3.92. The van der Waals surface area contributed by atoms with Gasteiger partial charge in [0.1, 0.15) is 5.82 Å². The number of rotatable bonds is 7. The van der Waals surface area contributed by atoms with Crippen LogP contribution in [0, 0.1) is 11.2 Å². The third-order valence-corrected chi connectivity index (χ3v) is 3.92. The van der Waals surface area contributed by atoms with Gasteiger partial charge < -0.3 is 10.0 Å². The van der Waals surface area contributed by atoms with Crippen molar-refractivity contribution in [2.45, 2.75) is 33.6 Å². The minimum Gasteiger partial charge on any atom is -0.396 e. The Morgan fingerprint density at radius 3 is 2.33 bits per heavy atom. The maximum atomic E-state index is 13.3. The number of halogens is 1. The molecule has 0 aliphatic heterocycles. The van der Waals surface area contributed by atoms with Crippen LogP contribution in [0.15, 0.2) is 24.3 Å². The van der Waals surface area contributed by atoms with E-state index in [4.69, 9.17) is 0 Å². The van der Waals surface area contributed by atoms with E-state index < -0.39 is 0 Å². The summed E-state index contributed by atoms with van der Waals surface area (Å²) in [7, 11) is 0. The van der Waals surface area contributed by atoms with Gasteiger partial charge >= 0.3 is 0 Å². The molecule has 0 atom stereocenters. The highest BCUT2D eigenvalue weighted by Crippen LogP contribution is 2.29. The molecule has 0 amide bonds. The lowest BCUT2D eigenvalue weighted by atomic mass is 9.82. The first kappa shape index (κ1) is 15.0. The van der Waals surface area contributed by atoms with E-state index in [0.717, 1.165) is 31.6 Å². The van der Waals surface area contributed by atoms with Crippen molar-refractivity contribution < 1.29 is 9.50 Å². The zero-order valence-corrected chi connectivity index (χ0v) is 11.6. The average molecular weight is 253 g/mol. The Morgan fingerprint density at radius 2 is 1.89 bits per heavy atom. The molecule has 0 saturated heterocycles. The minimum atomic E-state index is -0.214. The summed E-state index contributed by atoms with van der Waals surface area (Å²) in [4.78, 5) is 2.13. The van der Waals surface area contributed by atoms with Crippen LogP contribution in [-0.4, -0.2) is 24.8 Å². The van der Waals surface area contributed by atoms with Crippen LogP contribution in [0.25, 0.3) is 0 Å². The highest BCUT2D eigenvalue weighted by molar-refractivity contribution is 5.46. The number of hydrogen-bond acceptors (Lipinski definition) is 2. The second-order valence-corrected chi connectivity index (χ2v) is 4.86. The Balaban J connectivity index is 2.90. The van der Waals surface area contributed by atoms with Crippen LogP contribution in [-0.2, 0) is 0 Å². The van der Waals surface area contributed by atoms with Gasteiger partial charge in [-0.25, -0.2) is 4.39 Å². The van der Waals surface area contributed by atoms with Gasteiger partial charge in [0.05, 0.1) is 6.61 Å². The Morgan fingerprint density at radius 1 is 1.22 bits per heavy atom. The Hall–Kier alpha value is -1.09. The van der Waals surface area contributed by atoms with Crippen LogP contribution >= 0.6 is 0 Å². The summed E-state index contributed by atoms with van der Waals surface area (Å²) in [6, 6.07) is 6.65. The van der Waals surface area contributed by atoms with E-state index >= 15 is 0 Å². The molecule has 0 aliphatic rings. The molecule has 0 fully saturated rings. The van der Waals surface area contributed by atoms with Gasteiger partial charge in [-0.15, -0.1) is 0 Å². The molecular formula is C15H24FNO. The van der Waals surface area contributed by atoms with Gasteiger partial charge in [0.25, 0.3) is 0 Å². The summed E-state index contributed by atoms with van der Waals surface area (Å²) in [5.41, 5.74) is 0.791. The van der Waals surface area contributed by atoms with Crippen molar-refractivity contribution >= 4 is 5.69 Å². The van der Waals surface area contributed by atoms with E-state index in [1.54, 1.807) is 12.1 Å². The van der Waals surface area contributed by atoms with Crippen molar-refractivity contribution in [3.05, 3.63) is 30.1 Å². The van der Waals surface area contributed by atoms with Gasteiger partial charge in [0.2, 0.25) is 0 Å². The molecule has 102 valence electrons. The summed E-state index contributed by atoms with van der Waals surface area (Å²) in [6.07, 6.45) is 1.84. The lowest BCUT2D eigenvalue weighted by molar-refractivity contribution is 0.120. The third kappa shape index (κ3) is 3.45. The minimum absolute atomic E-state index is 0.0949. The van der Waals surface area contributed by atoms with Gasteiger partial charge in [-0.1, -0.05) is 19.9 Å². The molecule has 0 spiro atoms. The van der Waals surface area contributed by atoms with Crippen molar-refractivity contribution in [2.75, 3.05) is 24.6 Å². The molecule has 1 aromatic rings. The zero-order valence-electron chi connectivity index (χ0n) is 11.6. The molecule has 0 heterocycles. The molecule has 1 aromatic carbocycles. The van der Waals surface area contributed by atoms with Crippen LogP contribution in [0.5, 0.6) is 0 Å². The van der Waals surface area contributed by atoms with E-state index in [0.29, 0.717) is 0 Å². The monoisotopic (exact) mass is 253 g/mol. The SMILES string of the molecule is CCN(CC(CC)(CC)CO)c1cccc(F)c1. The van der Waals surface area contributed by atoms with Crippen LogP contribution < -0.4 is 4.90 Å². The number of aliphatic hydroxyl groups is 1. The predicted octanol–water partition coefficient (Wildman–Crippen LogP) is 3.45. The molecule has 0 aliphatic carbocycles. The van der Waals surface area contributed by atoms with Crippen LogP contribution in [0.2, 0.25) is 0 Å². The summed E-state index contributed by atoms with van der Waals surface area (Å²) < 4.78 is 13.3. The van der Waals surface area contributed by atoms with E-state index in [9.17, 15) is 9.50 Å². The van der Waals surface area contributed by atoms with Gasteiger partial charge in [-0.3, -0.25) is 0 Å². The molecule has 0 saturated carbocycles. The maximum absolute atomic E-state index is 13.3. The van der Waals surface area contributed by atoms with Crippen molar-refractivity contribution in [2.24, 2.45) is 5.41 Å². The van der Waals surface area contributed by atoms with Gasteiger partial charge in [-0.2, -0.15) is 0 Å². The second-order valence-electron chi connectivity index (χ2n) is 4.86. The van der Waals surface area contributed by atoms with Crippen molar-refractivity contribution in [1.29, 1.82) is 0 Å². The standard InChI is InChI=1S/C15H24FNO/c1-4-15(5-2,12-18)11-17(6-3)14-9-7-8-13(16)10-14/h7-10,18H,4-6,11-12H2,1-3H3. The van der Waals surface area contributed by atoms with Crippen molar-refractivity contribution in [1.82, 2.24) is 0 Å². The average Bonchev–Trinajstić information content (AvgIpc) is 2.41. The summed E-state index contributed by atoms with van der Waals surface area (Å²) in [5, 5.41) is 9.62. The molecule has 2 nitrogen and oxygen atoms in total. The molecule has 0 bridgehead atoms. The largest absolute Gasteiger partial charge is 0.396 e. The Labute approximate surface area is 109 Å². The number of aliphatic hydroxyl groups excluding tert-OH is 1. The summed E-state index contributed by atoms with van der Waals surface area (Å²) in [5.74, 6) is -0.214. The lowest BCUT2D eigenvalue weighted by Gasteiger charge is -2.36. The van der Waals surface area contributed by atoms with Crippen LogP contribution in [0.4, 0.5) is 10.1 Å². The normalized spacial score (nSPS) is 11.6. The quantitative estimate of drug-likeness (QED) is 0.804. The summed E-state index contributed by atoms with van der Waals surface area (Å²) in [6.45, 7) is 7.99. The fourth-order valence-electron chi connectivity index (χ4n) is 2.21. The highest BCUT2D eigenvalue weighted by atomic mass is 19.1. The fourth-order valence-corrected chi connectivity index (χ4v) is 2.21.